The van der Waals surface area contributed by atoms with Crippen molar-refractivity contribution in [1.82, 2.24) is 0 Å². The van der Waals surface area contributed by atoms with Gasteiger partial charge in [-0.15, -0.1) is 0 Å². The molecule has 0 aliphatic heterocycles. The van der Waals surface area contributed by atoms with Gasteiger partial charge in [-0.05, 0) is 55.2 Å². The van der Waals surface area contributed by atoms with Crippen LogP contribution in [0.4, 0.5) is 0 Å². The van der Waals surface area contributed by atoms with Gasteiger partial charge in [-0.1, -0.05) is 19.4 Å². The highest BCUT2D eigenvalue weighted by Gasteiger charge is 2.55. The highest BCUT2D eigenvalue weighted by atomic mass is 16.5. The van der Waals surface area contributed by atoms with E-state index in [9.17, 15) is 14.7 Å². The van der Waals surface area contributed by atoms with E-state index in [0.717, 1.165) is 24.8 Å². The number of hydrogen-bond acceptors (Lipinski definition) is 4. The molecular formula is C19H24O4. The lowest BCUT2D eigenvalue weighted by atomic mass is 9.53. The summed E-state index contributed by atoms with van der Waals surface area (Å²) in [5.74, 6) is 0.0541. The van der Waals surface area contributed by atoms with Crippen molar-refractivity contribution >= 4 is 11.8 Å². The van der Waals surface area contributed by atoms with Crippen molar-refractivity contribution in [3.05, 3.63) is 29.3 Å². The van der Waals surface area contributed by atoms with E-state index >= 15 is 0 Å². The van der Waals surface area contributed by atoms with Gasteiger partial charge >= 0.3 is 5.97 Å². The molecule has 124 valence electrons. The summed E-state index contributed by atoms with van der Waals surface area (Å²) in [6.07, 6.45) is 3.74. The first kappa shape index (κ1) is 16.0. The SMILES string of the molecule is COC(=O)C1(C)CCCC2(C)c3ccc(O)cc3C(=O)CCC12. The number of phenols is 1. The first-order valence-corrected chi connectivity index (χ1v) is 8.28. The molecule has 4 nitrogen and oxygen atoms in total. The van der Waals surface area contributed by atoms with Crippen LogP contribution in [0, 0.1) is 11.3 Å². The molecule has 2 aliphatic carbocycles. The molecule has 0 aromatic heterocycles. The lowest BCUT2D eigenvalue weighted by molar-refractivity contribution is -0.160. The zero-order valence-electron chi connectivity index (χ0n) is 14.0. The second-order valence-electron chi connectivity index (χ2n) is 7.42. The molecule has 3 rings (SSSR count). The number of ether oxygens (including phenoxy) is 1. The summed E-state index contributed by atoms with van der Waals surface area (Å²) < 4.78 is 5.10. The maximum atomic E-state index is 12.6. The number of benzene rings is 1. The molecule has 1 fully saturated rings. The summed E-state index contributed by atoms with van der Waals surface area (Å²) in [6.45, 7) is 4.14. The third kappa shape index (κ3) is 2.27. The largest absolute Gasteiger partial charge is 0.508 e. The zero-order valence-corrected chi connectivity index (χ0v) is 14.0. The van der Waals surface area contributed by atoms with E-state index < -0.39 is 5.41 Å². The number of methoxy groups -OCH3 is 1. The Bertz CT molecular complexity index is 665. The fourth-order valence-corrected chi connectivity index (χ4v) is 4.98. The Morgan fingerprint density at radius 2 is 2.04 bits per heavy atom. The standard InChI is InChI=1S/C19H24O4/c1-18-9-4-10-19(2,17(22)23-3)16(18)8-7-15(21)13-11-12(20)5-6-14(13)18/h5-6,11,16,20H,4,7-10H2,1-3H3. The van der Waals surface area contributed by atoms with E-state index in [0.29, 0.717) is 18.4 Å². The third-order valence-electron chi connectivity index (χ3n) is 6.16. The normalized spacial score (nSPS) is 33.3. The van der Waals surface area contributed by atoms with Crippen LogP contribution in [0.2, 0.25) is 0 Å². The van der Waals surface area contributed by atoms with E-state index in [1.54, 1.807) is 12.1 Å². The molecule has 0 amide bonds. The molecule has 3 atom stereocenters. The summed E-state index contributed by atoms with van der Waals surface area (Å²) in [4.78, 5) is 25.1. The van der Waals surface area contributed by atoms with E-state index in [-0.39, 0.29) is 28.8 Å². The number of esters is 1. The molecule has 0 saturated heterocycles. The van der Waals surface area contributed by atoms with Crippen LogP contribution in [-0.4, -0.2) is 24.0 Å². The molecule has 0 bridgehead atoms. The van der Waals surface area contributed by atoms with Crippen LogP contribution >= 0.6 is 0 Å². The van der Waals surface area contributed by atoms with Gasteiger partial charge in [0.25, 0.3) is 0 Å². The van der Waals surface area contributed by atoms with Crippen LogP contribution in [0.15, 0.2) is 18.2 Å². The number of hydrogen-bond donors (Lipinski definition) is 1. The lowest BCUT2D eigenvalue weighted by Crippen LogP contribution is -2.50. The van der Waals surface area contributed by atoms with Crippen LogP contribution in [0.5, 0.6) is 5.75 Å². The Hall–Kier alpha value is -1.84. The fourth-order valence-electron chi connectivity index (χ4n) is 4.98. The summed E-state index contributed by atoms with van der Waals surface area (Å²) in [5.41, 5.74) is 0.763. The Labute approximate surface area is 136 Å². The highest BCUT2D eigenvalue weighted by Crippen LogP contribution is 2.57. The smallest absolute Gasteiger partial charge is 0.311 e. The van der Waals surface area contributed by atoms with Crippen LogP contribution in [-0.2, 0) is 14.9 Å². The summed E-state index contributed by atoms with van der Waals surface area (Å²) >= 11 is 0. The van der Waals surface area contributed by atoms with Crippen molar-refractivity contribution in [2.75, 3.05) is 7.11 Å². The van der Waals surface area contributed by atoms with Gasteiger partial charge in [-0.3, -0.25) is 9.59 Å². The van der Waals surface area contributed by atoms with Gasteiger partial charge in [0.15, 0.2) is 5.78 Å². The molecule has 0 spiro atoms. The number of phenolic OH excluding ortho intramolecular Hbond substituents is 1. The predicted octanol–water partition coefficient (Wildman–Crippen LogP) is 3.61. The summed E-state index contributed by atoms with van der Waals surface area (Å²) in [7, 11) is 1.44. The maximum Gasteiger partial charge on any atom is 0.311 e. The number of Topliss-reactive ketones (excluding diaryl/α,β-unsaturated/α-hetero) is 1. The van der Waals surface area contributed by atoms with Crippen molar-refractivity contribution in [2.45, 2.75) is 51.4 Å². The topological polar surface area (TPSA) is 63.6 Å². The average Bonchev–Trinajstić information content (AvgIpc) is 2.63. The number of carbonyl (C=O) groups is 2. The molecule has 1 aromatic rings. The number of ketones is 1. The van der Waals surface area contributed by atoms with E-state index in [1.807, 2.05) is 13.0 Å². The van der Waals surface area contributed by atoms with Crippen molar-refractivity contribution in [3.63, 3.8) is 0 Å². The second kappa shape index (κ2) is 5.36. The first-order valence-electron chi connectivity index (χ1n) is 8.28. The van der Waals surface area contributed by atoms with Crippen LogP contribution in [0.1, 0.15) is 61.9 Å². The highest BCUT2D eigenvalue weighted by molar-refractivity contribution is 5.99. The minimum absolute atomic E-state index is 0.0544. The second-order valence-corrected chi connectivity index (χ2v) is 7.42. The molecule has 1 aromatic carbocycles. The van der Waals surface area contributed by atoms with E-state index in [2.05, 4.69) is 6.92 Å². The minimum atomic E-state index is -0.568. The number of rotatable bonds is 1. The summed E-state index contributed by atoms with van der Waals surface area (Å²) in [6, 6.07) is 5.09. The van der Waals surface area contributed by atoms with Crippen molar-refractivity contribution in [3.8, 4) is 5.75 Å². The van der Waals surface area contributed by atoms with Gasteiger partial charge in [0.2, 0.25) is 0 Å². The molecular weight excluding hydrogens is 292 g/mol. The molecule has 1 saturated carbocycles. The minimum Gasteiger partial charge on any atom is -0.508 e. The first-order chi connectivity index (χ1) is 10.8. The van der Waals surface area contributed by atoms with Crippen molar-refractivity contribution in [1.29, 1.82) is 0 Å². The maximum absolute atomic E-state index is 12.6. The van der Waals surface area contributed by atoms with Crippen molar-refractivity contribution < 1.29 is 19.4 Å². The van der Waals surface area contributed by atoms with Crippen LogP contribution in [0.25, 0.3) is 0 Å². The molecule has 4 heteroatoms. The zero-order chi connectivity index (χ0) is 16.8. The van der Waals surface area contributed by atoms with Gasteiger partial charge in [0.1, 0.15) is 5.75 Å². The van der Waals surface area contributed by atoms with Crippen molar-refractivity contribution in [2.24, 2.45) is 11.3 Å². The molecule has 3 unspecified atom stereocenters. The number of carbonyl (C=O) groups excluding carboxylic acids is 2. The Balaban J connectivity index is 2.18. The summed E-state index contributed by atoms with van der Waals surface area (Å²) in [5, 5.41) is 9.78. The average molecular weight is 316 g/mol. The van der Waals surface area contributed by atoms with Gasteiger partial charge in [-0.25, -0.2) is 0 Å². The van der Waals surface area contributed by atoms with Crippen LogP contribution in [0.3, 0.4) is 0 Å². The van der Waals surface area contributed by atoms with Gasteiger partial charge in [0.05, 0.1) is 12.5 Å². The van der Waals surface area contributed by atoms with E-state index in [1.165, 1.54) is 7.11 Å². The monoisotopic (exact) mass is 316 g/mol. The quantitative estimate of drug-likeness (QED) is 0.804. The molecule has 0 radical (unpaired) electrons. The number of fused-ring (bicyclic) bond motifs is 3. The van der Waals surface area contributed by atoms with E-state index in [4.69, 9.17) is 4.74 Å². The van der Waals surface area contributed by atoms with Crippen LogP contribution < -0.4 is 0 Å². The van der Waals surface area contributed by atoms with Gasteiger partial charge in [0, 0.05) is 12.0 Å². The molecule has 0 heterocycles. The van der Waals surface area contributed by atoms with Gasteiger partial charge < -0.3 is 9.84 Å². The molecule has 1 N–H and O–H groups in total. The third-order valence-corrected chi connectivity index (χ3v) is 6.16. The Morgan fingerprint density at radius 3 is 2.74 bits per heavy atom. The number of aromatic hydroxyl groups is 1. The fraction of sp³-hybridized carbons (Fsp3) is 0.579. The Morgan fingerprint density at radius 1 is 1.30 bits per heavy atom. The Kier molecular flexibility index (Phi) is 3.74. The lowest BCUT2D eigenvalue weighted by Gasteiger charge is -2.50. The molecule has 23 heavy (non-hydrogen) atoms. The van der Waals surface area contributed by atoms with Gasteiger partial charge in [-0.2, -0.15) is 0 Å². The molecule has 2 aliphatic rings. The predicted molar refractivity (Wildman–Crippen MR) is 86.5 cm³/mol.